The first-order valence-electron chi connectivity index (χ1n) is 5.56. The van der Waals surface area contributed by atoms with Crippen LogP contribution in [0, 0.1) is 21.4 Å². The van der Waals surface area contributed by atoms with Gasteiger partial charge >= 0.3 is 0 Å². The molecule has 0 saturated heterocycles. The van der Waals surface area contributed by atoms with Gasteiger partial charge < -0.3 is 10.1 Å². The lowest BCUT2D eigenvalue weighted by atomic mass is 10.1. The highest BCUT2D eigenvalue weighted by Gasteiger charge is 2.15. The van der Waals surface area contributed by atoms with Gasteiger partial charge in [-0.3, -0.25) is 10.1 Å². The van der Waals surface area contributed by atoms with Gasteiger partial charge in [0.1, 0.15) is 11.6 Å². The summed E-state index contributed by atoms with van der Waals surface area (Å²) >= 11 is 0. The third-order valence-electron chi connectivity index (χ3n) is 2.55. The first-order chi connectivity index (χ1) is 8.62. The molecule has 1 rings (SSSR count). The molecule has 0 heterocycles. The Bertz CT molecular complexity index is 468. The first-order valence-corrected chi connectivity index (χ1v) is 5.56. The molecule has 0 radical (unpaired) electrons. The standard InChI is InChI=1S/C12H15N3O3/c1-3-10(8-18-2)14-11-5-4-9(7-13)12(6-11)15(16)17/h4-6,10,14H,3,8H2,1-2H3. The van der Waals surface area contributed by atoms with Crippen LogP contribution >= 0.6 is 0 Å². The zero-order valence-electron chi connectivity index (χ0n) is 10.3. The van der Waals surface area contributed by atoms with Crippen molar-refractivity contribution in [2.45, 2.75) is 19.4 Å². The van der Waals surface area contributed by atoms with Crippen LogP contribution < -0.4 is 5.32 Å². The summed E-state index contributed by atoms with van der Waals surface area (Å²) in [5, 5.41) is 22.7. The number of rotatable bonds is 6. The van der Waals surface area contributed by atoms with Gasteiger partial charge in [0, 0.05) is 24.9 Å². The van der Waals surface area contributed by atoms with Crippen LogP contribution in [0.3, 0.4) is 0 Å². The molecule has 1 aromatic carbocycles. The minimum Gasteiger partial charge on any atom is -0.383 e. The summed E-state index contributed by atoms with van der Waals surface area (Å²) in [5.41, 5.74) is 0.490. The average Bonchev–Trinajstić information content (AvgIpc) is 2.38. The van der Waals surface area contributed by atoms with Crippen molar-refractivity contribution in [3.05, 3.63) is 33.9 Å². The second-order valence-corrected chi connectivity index (χ2v) is 3.81. The van der Waals surface area contributed by atoms with Gasteiger partial charge in [-0.05, 0) is 18.6 Å². The van der Waals surface area contributed by atoms with Gasteiger partial charge in [-0.15, -0.1) is 0 Å². The molecule has 0 bridgehead atoms. The van der Waals surface area contributed by atoms with Crippen molar-refractivity contribution in [1.29, 1.82) is 5.26 Å². The van der Waals surface area contributed by atoms with Crippen LogP contribution in [-0.2, 0) is 4.74 Å². The van der Waals surface area contributed by atoms with Gasteiger partial charge in [0.05, 0.1) is 11.5 Å². The maximum Gasteiger partial charge on any atom is 0.289 e. The summed E-state index contributed by atoms with van der Waals surface area (Å²) in [4.78, 5) is 10.3. The van der Waals surface area contributed by atoms with E-state index in [0.717, 1.165) is 6.42 Å². The molecule has 1 N–H and O–H groups in total. The van der Waals surface area contributed by atoms with Crippen LogP contribution in [0.25, 0.3) is 0 Å². The highest BCUT2D eigenvalue weighted by Crippen LogP contribution is 2.23. The number of nitro groups is 1. The predicted molar refractivity (Wildman–Crippen MR) is 67.4 cm³/mol. The largest absolute Gasteiger partial charge is 0.383 e. The summed E-state index contributed by atoms with van der Waals surface area (Å²) < 4.78 is 5.04. The van der Waals surface area contributed by atoms with Crippen LogP contribution in [0.4, 0.5) is 11.4 Å². The summed E-state index contributed by atoms with van der Waals surface area (Å²) in [6.45, 7) is 2.51. The molecule has 0 fully saturated rings. The Morgan fingerprint density at radius 1 is 1.61 bits per heavy atom. The van der Waals surface area contributed by atoms with E-state index in [4.69, 9.17) is 10.00 Å². The fraction of sp³-hybridized carbons (Fsp3) is 0.417. The molecule has 18 heavy (non-hydrogen) atoms. The molecule has 0 amide bonds. The lowest BCUT2D eigenvalue weighted by Gasteiger charge is -2.17. The smallest absolute Gasteiger partial charge is 0.289 e. The van der Waals surface area contributed by atoms with Crippen LogP contribution in [0.15, 0.2) is 18.2 Å². The number of benzene rings is 1. The van der Waals surface area contributed by atoms with Gasteiger partial charge in [-0.2, -0.15) is 5.26 Å². The Morgan fingerprint density at radius 2 is 2.33 bits per heavy atom. The van der Waals surface area contributed by atoms with Gasteiger partial charge in [0.2, 0.25) is 0 Å². The van der Waals surface area contributed by atoms with Gasteiger partial charge in [0.15, 0.2) is 0 Å². The number of nitriles is 1. The summed E-state index contributed by atoms with van der Waals surface area (Å²) in [6.07, 6.45) is 0.835. The minimum atomic E-state index is -0.555. The number of hydrogen-bond acceptors (Lipinski definition) is 5. The highest BCUT2D eigenvalue weighted by atomic mass is 16.6. The third kappa shape index (κ3) is 3.43. The predicted octanol–water partition coefficient (Wildman–Crippen LogP) is 2.30. The molecule has 0 aliphatic carbocycles. The van der Waals surface area contributed by atoms with Gasteiger partial charge in [-0.25, -0.2) is 0 Å². The lowest BCUT2D eigenvalue weighted by molar-refractivity contribution is -0.385. The van der Waals surface area contributed by atoms with Crippen molar-refractivity contribution >= 4 is 11.4 Å². The third-order valence-corrected chi connectivity index (χ3v) is 2.55. The van der Waals surface area contributed by atoms with Crippen molar-refractivity contribution < 1.29 is 9.66 Å². The van der Waals surface area contributed by atoms with Crippen LogP contribution in [0.2, 0.25) is 0 Å². The maximum atomic E-state index is 10.8. The Labute approximate surface area is 105 Å². The molecule has 6 nitrogen and oxygen atoms in total. The normalized spacial score (nSPS) is 11.6. The summed E-state index contributed by atoms with van der Waals surface area (Å²) in [5.74, 6) is 0. The molecule has 0 saturated carbocycles. The highest BCUT2D eigenvalue weighted by molar-refractivity contribution is 5.59. The number of methoxy groups -OCH3 is 1. The number of nitrogens with zero attached hydrogens (tertiary/aromatic N) is 2. The number of nitro benzene ring substituents is 1. The van der Waals surface area contributed by atoms with Crippen molar-refractivity contribution in [3.8, 4) is 6.07 Å². The molecule has 1 aromatic rings. The van der Waals surface area contributed by atoms with E-state index >= 15 is 0 Å². The minimum absolute atomic E-state index is 0.0605. The SMILES string of the molecule is CCC(COC)Nc1ccc(C#N)c([N+](=O)[O-])c1. The molecule has 6 heteroatoms. The monoisotopic (exact) mass is 249 g/mol. The molecular weight excluding hydrogens is 234 g/mol. The number of nitrogens with one attached hydrogen (secondary N) is 1. The van der Waals surface area contributed by atoms with E-state index in [1.165, 1.54) is 12.1 Å². The summed E-state index contributed by atoms with van der Waals surface area (Å²) in [6, 6.07) is 6.36. The van der Waals surface area contributed by atoms with E-state index in [2.05, 4.69) is 5.32 Å². The second-order valence-electron chi connectivity index (χ2n) is 3.81. The fourth-order valence-corrected chi connectivity index (χ4v) is 1.57. The van der Waals surface area contributed by atoms with Gasteiger partial charge in [0.25, 0.3) is 5.69 Å². The molecule has 0 aliphatic heterocycles. The van der Waals surface area contributed by atoms with E-state index in [9.17, 15) is 10.1 Å². The van der Waals surface area contributed by atoms with E-state index < -0.39 is 4.92 Å². The average molecular weight is 249 g/mol. The van der Waals surface area contributed by atoms with E-state index in [0.29, 0.717) is 12.3 Å². The number of hydrogen-bond donors (Lipinski definition) is 1. The topological polar surface area (TPSA) is 88.2 Å². The number of anilines is 1. The molecule has 1 atom stereocenters. The maximum absolute atomic E-state index is 10.8. The van der Waals surface area contributed by atoms with Crippen molar-refractivity contribution in [3.63, 3.8) is 0 Å². The number of ether oxygens (including phenoxy) is 1. The van der Waals surface area contributed by atoms with E-state index in [1.54, 1.807) is 19.2 Å². The van der Waals surface area contributed by atoms with Crippen LogP contribution in [-0.4, -0.2) is 24.7 Å². The van der Waals surface area contributed by atoms with E-state index in [1.807, 2.05) is 6.92 Å². The van der Waals surface area contributed by atoms with E-state index in [-0.39, 0.29) is 17.3 Å². The first kappa shape index (κ1) is 13.9. The van der Waals surface area contributed by atoms with Crippen molar-refractivity contribution in [2.24, 2.45) is 0 Å². The molecular formula is C12H15N3O3. The molecule has 0 aliphatic rings. The molecule has 0 spiro atoms. The molecule has 0 aromatic heterocycles. The van der Waals surface area contributed by atoms with Crippen LogP contribution in [0.1, 0.15) is 18.9 Å². The van der Waals surface area contributed by atoms with Crippen molar-refractivity contribution in [2.75, 3.05) is 19.0 Å². The molecule has 96 valence electrons. The molecule has 1 unspecified atom stereocenters. The Balaban J connectivity index is 2.95. The Kier molecular flexibility index (Phi) is 5.08. The zero-order valence-corrected chi connectivity index (χ0v) is 10.3. The fourth-order valence-electron chi connectivity index (χ4n) is 1.57. The van der Waals surface area contributed by atoms with Crippen molar-refractivity contribution in [1.82, 2.24) is 0 Å². The second kappa shape index (κ2) is 6.57. The van der Waals surface area contributed by atoms with Gasteiger partial charge in [-0.1, -0.05) is 6.92 Å². The Morgan fingerprint density at radius 3 is 2.83 bits per heavy atom. The zero-order chi connectivity index (χ0) is 13.5. The quantitative estimate of drug-likeness (QED) is 0.617. The summed E-state index contributed by atoms with van der Waals surface area (Å²) in [7, 11) is 1.60. The Hall–Kier alpha value is -2.13. The van der Waals surface area contributed by atoms with Crippen LogP contribution in [0.5, 0.6) is 0 Å². The lowest BCUT2D eigenvalue weighted by Crippen LogP contribution is -2.23.